The third-order valence-electron chi connectivity index (χ3n) is 4.09. The minimum absolute atomic E-state index is 0.0220. The lowest BCUT2D eigenvalue weighted by Crippen LogP contribution is -2.50. The molecule has 0 saturated carbocycles. The fraction of sp³-hybridized carbons (Fsp3) is 0.400. The number of aromatic amines is 1. The van der Waals surface area contributed by atoms with Crippen LogP contribution in [0, 0.1) is 0 Å². The highest BCUT2D eigenvalue weighted by Crippen LogP contribution is 2.25. The van der Waals surface area contributed by atoms with Crippen LogP contribution >= 0.6 is 11.6 Å². The molecule has 1 saturated heterocycles. The van der Waals surface area contributed by atoms with Crippen LogP contribution in [0.25, 0.3) is 0 Å². The van der Waals surface area contributed by atoms with Crippen molar-refractivity contribution in [3.05, 3.63) is 41.4 Å². The molecule has 10 heteroatoms. The zero-order chi connectivity index (χ0) is 17.9. The van der Waals surface area contributed by atoms with Gasteiger partial charge in [0.1, 0.15) is 17.0 Å². The number of rotatable bonds is 5. The number of H-pyrrole nitrogens is 1. The number of carbonyl (C=O) groups excluding carboxylic acids is 1. The molecule has 1 amide bonds. The fourth-order valence-electron chi connectivity index (χ4n) is 2.71. The van der Waals surface area contributed by atoms with Gasteiger partial charge in [-0.15, -0.1) is 0 Å². The summed E-state index contributed by atoms with van der Waals surface area (Å²) in [5.74, 6) is 0.638. The number of benzene rings is 1. The Hall–Kier alpha value is -1.97. The Morgan fingerprint density at radius 2 is 1.92 bits per heavy atom. The van der Waals surface area contributed by atoms with Gasteiger partial charge in [-0.2, -0.15) is 9.40 Å². The van der Waals surface area contributed by atoms with Crippen molar-refractivity contribution < 1.29 is 13.2 Å². The Bertz CT molecular complexity index is 833. The van der Waals surface area contributed by atoms with E-state index in [9.17, 15) is 13.2 Å². The minimum Gasteiger partial charge on any atom is -0.340 e. The molecule has 0 unspecified atom stereocenters. The number of nitrogens with zero attached hydrogens (tertiary/aromatic N) is 4. The average molecular weight is 384 g/mol. The number of nitrogens with one attached hydrogen (secondary N) is 1. The summed E-state index contributed by atoms with van der Waals surface area (Å²) in [7, 11) is -3.65. The number of aryl methyl sites for hydroxylation is 1. The summed E-state index contributed by atoms with van der Waals surface area (Å²) in [4.78, 5) is 18.0. The molecule has 0 radical (unpaired) electrons. The van der Waals surface area contributed by atoms with Gasteiger partial charge in [0.25, 0.3) is 0 Å². The van der Waals surface area contributed by atoms with Crippen LogP contribution in [0.1, 0.15) is 12.2 Å². The summed E-state index contributed by atoms with van der Waals surface area (Å²) >= 11 is 6.01. The van der Waals surface area contributed by atoms with Gasteiger partial charge in [0.15, 0.2) is 0 Å². The zero-order valence-corrected chi connectivity index (χ0v) is 15.0. The number of hydrogen-bond acceptors (Lipinski definition) is 5. The van der Waals surface area contributed by atoms with Crippen LogP contribution in [0.3, 0.4) is 0 Å². The van der Waals surface area contributed by atoms with Gasteiger partial charge in [-0.05, 0) is 12.1 Å². The monoisotopic (exact) mass is 383 g/mol. The van der Waals surface area contributed by atoms with Gasteiger partial charge in [-0.3, -0.25) is 9.89 Å². The molecule has 1 N–H and O–H groups in total. The van der Waals surface area contributed by atoms with E-state index in [1.165, 1.54) is 16.7 Å². The molecule has 2 heterocycles. The highest BCUT2D eigenvalue weighted by molar-refractivity contribution is 7.89. The summed E-state index contributed by atoms with van der Waals surface area (Å²) in [5, 5.41) is 6.66. The van der Waals surface area contributed by atoms with Gasteiger partial charge < -0.3 is 4.90 Å². The van der Waals surface area contributed by atoms with Gasteiger partial charge in [-0.1, -0.05) is 23.7 Å². The molecule has 3 rings (SSSR count). The number of piperazine rings is 1. The summed E-state index contributed by atoms with van der Waals surface area (Å²) in [5.41, 5.74) is 0. The molecule has 0 aliphatic carbocycles. The van der Waals surface area contributed by atoms with Crippen LogP contribution in [-0.2, 0) is 21.2 Å². The van der Waals surface area contributed by atoms with E-state index < -0.39 is 10.0 Å². The third-order valence-corrected chi connectivity index (χ3v) is 6.48. The van der Waals surface area contributed by atoms with Crippen LogP contribution in [0.15, 0.2) is 35.5 Å². The molecule has 1 aromatic heterocycles. The topological polar surface area (TPSA) is 99.3 Å². The van der Waals surface area contributed by atoms with Gasteiger partial charge in [-0.25, -0.2) is 13.4 Å². The maximum Gasteiger partial charge on any atom is 0.244 e. The Balaban J connectivity index is 1.58. The Morgan fingerprint density at radius 1 is 1.20 bits per heavy atom. The normalized spacial score (nSPS) is 16.1. The highest BCUT2D eigenvalue weighted by Gasteiger charge is 2.31. The molecular weight excluding hydrogens is 366 g/mol. The molecule has 0 spiro atoms. The van der Waals surface area contributed by atoms with E-state index in [1.54, 1.807) is 23.1 Å². The third kappa shape index (κ3) is 4.00. The number of halogens is 1. The summed E-state index contributed by atoms with van der Waals surface area (Å²) in [6.07, 6.45) is 2.20. The lowest BCUT2D eigenvalue weighted by molar-refractivity contribution is -0.132. The first kappa shape index (κ1) is 17.8. The maximum atomic E-state index is 12.7. The van der Waals surface area contributed by atoms with Crippen molar-refractivity contribution in [2.24, 2.45) is 0 Å². The van der Waals surface area contributed by atoms with E-state index in [2.05, 4.69) is 15.2 Å². The van der Waals surface area contributed by atoms with E-state index in [1.807, 2.05) is 0 Å². The Labute approximate surface area is 150 Å². The molecule has 1 aliphatic rings. The van der Waals surface area contributed by atoms with Crippen molar-refractivity contribution in [2.45, 2.75) is 17.7 Å². The van der Waals surface area contributed by atoms with E-state index in [-0.39, 0.29) is 28.9 Å². The minimum atomic E-state index is -3.65. The summed E-state index contributed by atoms with van der Waals surface area (Å²) < 4.78 is 26.7. The van der Waals surface area contributed by atoms with Gasteiger partial charge in [0.05, 0.1) is 5.02 Å². The van der Waals surface area contributed by atoms with Crippen molar-refractivity contribution in [2.75, 3.05) is 26.2 Å². The molecule has 8 nitrogen and oxygen atoms in total. The summed E-state index contributed by atoms with van der Waals surface area (Å²) in [6.45, 7) is 1.22. The van der Waals surface area contributed by atoms with E-state index in [4.69, 9.17) is 11.6 Å². The maximum absolute atomic E-state index is 12.7. The van der Waals surface area contributed by atoms with Crippen LogP contribution in [0.5, 0.6) is 0 Å². The molecule has 134 valence electrons. The first-order chi connectivity index (χ1) is 12.0. The molecule has 1 aromatic carbocycles. The molecular formula is C15H18ClN5O3S. The molecule has 2 aromatic rings. The second-order valence-corrected chi connectivity index (χ2v) is 7.96. The van der Waals surface area contributed by atoms with Crippen molar-refractivity contribution in [3.8, 4) is 0 Å². The van der Waals surface area contributed by atoms with E-state index in [0.717, 1.165) is 0 Å². The Morgan fingerprint density at radius 3 is 2.56 bits per heavy atom. The predicted molar refractivity (Wildman–Crippen MR) is 91.5 cm³/mol. The first-order valence-electron chi connectivity index (χ1n) is 7.85. The van der Waals surface area contributed by atoms with Crippen molar-refractivity contribution >= 4 is 27.5 Å². The lowest BCUT2D eigenvalue weighted by Gasteiger charge is -2.34. The van der Waals surface area contributed by atoms with Crippen molar-refractivity contribution in [1.82, 2.24) is 24.4 Å². The SMILES string of the molecule is O=C(CCc1ncn[nH]1)N1CCN(S(=O)(=O)c2ccccc2Cl)CC1. The second kappa shape index (κ2) is 7.51. The molecule has 1 fully saturated rings. The van der Waals surface area contributed by atoms with Crippen molar-refractivity contribution in [1.29, 1.82) is 0 Å². The second-order valence-electron chi connectivity index (χ2n) is 5.65. The zero-order valence-electron chi connectivity index (χ0n) is 13.4. The smallest absolute Gasteiger partial charge is 0.244 e. The fourth-order valence-corrected chi connectivity index (χ4v) is 4.62. The quantitative estimate of drug-likeness (QED) is 0.827. The van der Waals surface area contributed by atoms with Gasteiger partial charge in [0.2, 0.25) is 15.9 Å². The van der Waals surface area contributed by atoms with Crippen molar-refractivity contribution in [3.63, 3.8) is 0 Å². The molecule has 1 aliphatic heterocycles. The largest absolute Gasteiger partial charge is 0.340 e. The standard InChI is InChI=1S/C15H18ClN5O3S/c16-12-3-1-2-4-13(12)25(23,24)21-9-7-20(8-10-21)15(22)6-5-14-17-11-18-19-14/h1-4,11H,5-10H2,(H,17,18,19). The predicted octanol–water partition coefficient (Wildman–Crippen LogP) is 0.924. The number of hydrogen-bond donors (Lipinski definition) is 1. The number of aromatic nitrogens is 3. The number of amides is 1. The number of carbonyl (C=O) groups is 1. The van der Waals surface area contributed by atoms with E-state index in [0.29, 0.717) is 31.8 Å². The van der Waals surface area contributed by atoms with Gasteiger partial charge in [0, 0.05) is 39.0 Å². The summed E-state index contributed by atoms with van der Waals surface area (Å²) in [6, 6.07) is 6.37. The lowest BCUT2D eigenvalue weighted by atomic mass is 10.2. The average Bonchev–Trinajstić information content (AvgIpc) is 3.13. The highest BCUT2D eigenvalue weighted by atomic mass is 35.5. The Kier molecular flexibility index (Phi) is 5.36. The van der Waals surface area contributed by atoms with E-state index >= 15 is 0 Å². The van der Waals surface area contributed by atoms with Crippen LogP contribution in [0.2, 0.25) is 5.02 Å². The molecule has 25 heavy (non-hydrogen) atoms. The molecule has 0 bridgehead atoms. The van der Waals surface area contributed by atoms with Gasteiger partial charge >= 0.3 is 0 Å². The molecule has 0 atom stereocenters. The number of sulfonamides is 1. The van der Waals surface area contributed by atoms with Crippen LogP contribution in [0.4, 0.5) is 0 Å². The van der Waals surface area contributed by atoms with Crippen LogP contribution < -0.4 is 0 Å². The first-order valence-corrected chi connectivity index (χ1v) is 9.67. The van der Waals surface area contributed by atoms with Crippen LogP contribution in [-0.4, -0.2) is 64.9 Å².